The maximum Gasteiger partial charge on any atom is 0.340 e. The number of carbonyl (C=O) groups excluding carboxylic acids is 2. The number of hydrogen-bond acceptors (Lipinski definition) is 5. The first-order valence-electron chi connectivity index (χ1n) is 10.1. The van der Waals surface area contributed by atoms with E-state index in [1.54, 1.807) is 72.8 Å². The summed E-state index contributed by atoms with van der Waals surface area (Å²) < 4.78 is 32.2. The first kappa shape index (κ1) is 22.3. The maximum absolute atomic E-state index is 13.2. The molecule has 0 atom stereocenters. The van der Waals surface area contributed by atoms with Crippen molar-refractivity contribution in [2.75, 3.05) is 17.7 Å². The minimum Gasteiger partial charge on any atom is -0.465 e. The zero-order chi connectivity index (χ0) is 23.6. The van der Waals surface area contributed by atoms with Gasteiger partial charge in [0, 0.05) is 17.1 Å². The van der Waals surface area contributed by atoms with Crippen LogP contribution in [0.3, 0.4) is 0 Å². The third-order valence-electron chi connectivity index (χ3n) is 5.31. The molecule has 4 rings (SSSR count). The normalized spacial score (nSPS) is 11.3. The molecular formula is C25H22N2O5S. The summed E-state index contributed by atoms with van der Waals surface area (Å²) in [6.45, 7) is 0.135. The van der Waals surface area contributed by atoms with E-state index in [9.17, 15) is 18.0 Å². The molecule has 168 valence electrons. The molecule has 0 aliphatic rings. The van der Waals surface area contributed by atoms with Crippen molar-refractivity contribution in [1.29, 1.82) is 0 Å². The molecular weight excluding hydrogens is 440 g/mol. The van der Waals surface area contributed by atoms with Crippen LogP contribution in [0.4, 0.5) is 5.69 Å². The van der Waals surface area contributed by atoms with Gasteiger partial charge in [-0.15, -0.1) is 0 Å². The Balaban J connectivity index is 1.64. The van der Waals surface area contributed by atoms with E-state index in [-0.39, 0.29) is 12.5 Å². The Kier molecular flexibility index (Phi) is 6.02. The predicted octanol–water partition coefficient (Wildman–Crippen LogP) is 4.08. The molecule has 0 bridgehead atoms. The second kappa shape index (κ2) is 8.91. The lowest BCUT2D eigenvalue weighted by molar-refractivity contribution is 0.0603. The number of nitrogens with zero attached hydrogens (tertiary/aromatic N) is 2. The molecule has 0 N–H and O–H groups in total. The number of fused-ring (bicyclic) bond motifs is 1. The van der Waals surface area contributed by atoms with Gasteiger partial charge < -0.3 is 4.74 Å². The predicted molar refractivity (Wildman–Crippen MR) is 127 cm³/mol. The van der Waals surface area contributed by atoms with Crippen LogP contribution in [0.15, 0.2) is 85.1 Å². The number of methoxy groups -OCH3 is 1. The van der Waals surface area contributed by atoms with E-state index in [1.807, 2.05) is 6.07 Å². The molecule has 0 saturated carbocycles. The third-order valence-corrected chi connectivity index (χ3v) is 6.45. The summed E-state index contributed by atoms with van der Waals surface area (Å²) >= 11 is 0. The molecule has 33 heavy (non-hydrogen) atoms. The molecule has 7 nitrogen and oxygen atoms in total. The van der Waals surface area contributed by atoms with E-state index < -0.39 is 16.0 Å². The number of benzene rings is 3. The van der Waals surface area contributed by atoms with Gasteiger partial charge in [-0.25, -0.2) is 13.2 Å². The number of hydrogen-bond donors (Lipinski definition) is 0. The van der Waals surface area contributed by atoms with Gasteiger partial charge in [0.25, 0.3) is 5.91 Å². The fourth-order valence-corrected chi connectivity index (χ4v) is 4.56. The second-order valence-corrected chi connectivity index (χ2v) is 9.44. The number of rotatable bonds is 6. The van der Waals surface area contributed by atoms with Gasteiger partial charge in [-0.1, -0.05) is 48.5 Å². The lowest BCUT2D eigenvalue weighted by Crippen LogP contribution is -2.29. The highest BCUT2D eigenvalue weighted by atomic mass is 32.2. The van der Waals surface area contributed by atoms with Crippen molar-refractivity contribution in [2.24, 2.45) is 0 Å². The number of para-hydroxylation sites is 2. The van der Waals surface area contributed by atoms with Crippen molar-refractivity contribution in [1.82, 2.24) is 4.57 Å². The van der Waals surface area contributed by atoms with Crippen molar-refractivity contribution < 1.29 is 22.7 Å². The van der Waals surface area contributed by atoms with Gasteiger partial charge in [0.1, 0.15) is 0 Å². The summed E-state index contributed by atoms with van der Waals surface area (Å²) in [6, 6.07) is 22.7. The maximum atomic E-state index is 13.2. The monoisotopic (exact) mass is 462 g/mol. The van der Waals surface area contributed by atoms with Crippen molar-refractivity contribution >= 4 is 38.5 Å². The fraction of sp³-hybridized carbons (Fsp3) is 0.120. The van der Waals surface area contributed by atoms with Gasteiger partial charge in [-0.2, -0.15) is 0 Å². The van der Waals surface area contributed by atoms with Crippen molar-refractivity contribution in [3.8, 4) is 0 Å². The third kappa shape index (κ3) is 4.51. The van der Waals surface area contributed by atoms with Crippen LogP contribution in [0.2, 0.25) is 0 Å². The summed E-state index contributed by atoms with van der Waals surface area (Å²) in [5.74, 6) is -0.828. The van der Waals surface area contributed by atoms with Crippen molar-refractivity contribution in [3.05, 3.63) is 102 Å². The average Bonchev–Trinajstić information content (AvgIpc) is 3.21. The molecule has 0 fully saturated rings. The number of ether oxygens (including phenoxy) is 1. The van der Waals surface area contributed by atoms with Gasteiger partial charge in [0.05, 0.1) is 36.7 Å². The molecule has 0 radical (unpaired) electrons. The lowest BCUT2D eigenvalue weighted by atomic mass is 10.1. The minimum atomic E-state index is -3.50. The number of esters is 1. The zero-order valence-corrected chi connectivity index (χ0v) is 19.0. The number of carbonyl (C=O) groups is 2. The highest BCUT2D eigenvalue weighted by Gasteiger charge is 2.20. The molecule has 0 saturated heterocycles. The van der Waals surface area contributed by atoms with E-state index in [0.717, 1.165) is 11.8 Å². The van der Waals surface area contributed by atoms with E-state index in [0.29, 0.717) is 27.7 Å². The van der Waals surface area contributed by atoms with Crippen LogP contribution in [-0.2, 0) is 21.3 Å². The van der Waals surface area contributed by atoms with Gasteiger partial charge in [-0.05, 0) is 35.9 Å². The zero-order valence-electron chi connectivity index (χ0n) is 18.1. The van der Waals surface area contributed by atoms with E-state index in [4.69, 9.17) is 4.74 Å². The quantitative estimate of drug-likeness (QED) is 0.403. The molecule has 1 aromatic heterocycles. The average molecular weight is 463 g/mol. The van der Waals surface area contributed by atoms with E-state index in [2.05, 4.69) is 0 Å². The molecule has 0 aliphatic heterocycles. The van der Waals surface area contributed by atoms with Crippen LogP contribution in [-0.4, -0.2) is 38.2 Å². The molecule has 0 spiro atoms. The van der Waals surface area contributed by atoms with Crippen LogP contribution in [0.1, 0.15) is 26.3 Å². The van der Waals surface area contributed by atoms with Crippen LogP contribution >= 0.6 is 0 Å². The Labute approximate surface area is 191 Å². The molecule has 4 aromatic rings. The molecule has 0 aliphatic carbocycles. The topological polar surface area (TPSA) is 85.7 Å². The number of anilines is 1. The van der Waals surface area contributed by atoms with Gasteiger partial charge in [0.15, 0.2) is 0 Å². The molecule has 0 unspecified atom stereocenters. The van der Waals surface area contributed by atoms with Crippen molar-refractivity contribution in [3.63, 3.8) is 0 Å². The van der Waals surface area contributed by atoms with Gasteiger partial charge in [-0.3, -0.25) is 13.7 Å². The molecule has 1 heterocycles. The smallest absolute Gasteiger partial charge is 0.340 e. The highest BCUT2D eigenvalue weighted by Crippen LogP contribution is 2.24. The Morgan fingerprint density at radius 3 is 2.18 bits per heavy atom. The van der Waals surface area contributed by atoms with Crippen LogP contribution in [0.5, 0.6) is 0 Å². The Morgan fingerprint density at radius 2 is 1.55 bits per heavy atom. The number of sulfonamides is 1. The van der Waals surface area contributed by atoms with Gasteiger partial charge in [0.2, 0.25) is 10.0 Å². The number of aromatic nitrogens is 1. The molecule has 3 aromatic carbocycles. The standard InChI is InChI=1S/C25H22N2O5S/c1-32-25(29)22-17-26(23-11-7-6-10-21(22)23)24(28)19-14-12-18(13-15-19)16-27(33(2,30)31)20-8-4-3-5-9-20/h3-15,17H,16H2,1-2H3. The Hall–Kier alpha value is -3.91. The van der Waals surface area contributed by atoms with Crippen LogP contribution < -0.4 is 4.31 Å². The molecule has 0 amide bonds. The molecule has 8 heteroatoms. The fourth-order valence-electron chi connectivity index (χ4n) is 3.67. The SMILES string of the molecule is COC(=O)c1cn(C(=O)c2ccc(CN(c3ccccc3)S(C)(=O)=O)cc2)c2ccccc12. The summed E-state index contributed by atoms with van der Waals surface area (Å²) in [7, 11) is -2.20. The van der Waals surface area contributed by atoms with Gasteiger partial charge >= 0.3 is 5.97 Å². The Bertz CT molecular complexity index is 1420. The Morgan fingerprint density at radius 1 is 0.909 bits per heavy atom. The van der Waals surface area contributed by atoms with E-state index in [1.165, 1.54) is 22.2 Å². The lowest BCUT2D eigenvalue weighted by Gasteiger charge is -2.22. The largest absolute Gasteiger partial charge is 0.465 e. The van der Waals surface area contributed by atoms with Crippen molar-refractivity contribution in [2.45, 2.75) is 6.54 Å². The van der Waals surface area contributed by atoms with Crippen LogP contribution in [0.25, 0.3) is 10.9 Å². The summed E-state index contributed by atoms with van der Waals surface area (Å²) in [4.78, 5) is 25.3. The summed E-state index contributed by atoms with van der Waals surface area (Å²) in [6.07, 6.45) is 2.64. The summed E-state index contributed by atoms with van der Waals surface area (Å²) in [5, 5.41) is 0.626. The first-order chi connectivity index (χ1) is 15.8. The second-order valence-electron chi connectivity index (χ2n) is 7.53. The first-order valence-corrected chi connectivity index (χ1v) is 12.0. The minimum absolute atomic E-state index is 0.135. The highest BCUT2D eigenvalue weighted by molar-refractivity contribution is 7.92. The van der Waals surface area contributed by atoms with Crippen LogP contribution in [0, 0.1) is 0 Å². The van der Waals surface area contributed by atoms with E-state index >= 15 is 0 Å². The summed E-state index contributed by atoms with van der Waals surface area (Å²) in [5.41, 5.74) is 2.60.